The van der Waals surface area contributed by atoms with Crippen molar-refractivity contribution in [1.29, 1.82) is 0 Å². The Balaban J connectivity index is 1.69. The average Bonchev–Trinajstić information content (AvgIpc) is 3.39. The molecule has 0 amide bonds. The fourth-order valence-corrected chi connectivity index (χ4v) is 5.53. The van der Waals surface area contributed by atoms with E-state index in [0.717, 1.165) is 53.5 Å². The first kappa shape index (κ1) is 25.5. The Kier molecular flexibility index (Phi) is 7.12. The number of aryl methyl sites for hydroxylation is 2. The van der Waals surface area contributed by atoms with Gasteiger partial charge >= 0.3 is 15.5 Å². The van der Waals surface area contributed by atoms with E-state index in [1.807, 2.05) is 6.07 Å². The molecule has 0 radical (unpaired) electrons. The lowest BCUT2D eigenvalue weighted by Gasteiger charge is -2.11. The van der Waals surface area contributed by atoms with Gasteiger partial charge in [-0.1, -0.05) is 31.9 Å². The number of pyridine rings is 1. The summed E-state index contributed by atoms with van der Waals surface area (Å²) in [6.45, 7) is 5.14. The maximum Gasteiger partial charge on any atom is 0.516 e. The van der Waals surface area contributed by atoms with Crippen LogP contribution >= 0.6 is 22.9 Å². The Labute approximate surface area is 209 Å². The molecule has 1 N–H and O–H groups in total. The van der Waals surface area contributed by atoms with Crippen molar-refractivity contribution in [2.24, 2.45) is 0 Å². The first-order valence-corrected chi connectivity index (χ1v) is 13.6. The summed E-state index contributed by atoms with van der Waals surface area (Å²) in [6, 6.07) is 7.86. The number of fused-ring (bicyclic) bond motifs is 1. The summed E-state index contributed by atoms with van der Waals surface area (Å²) < 4.78 is 64.4. The van der Waals surface area contributed by atoms with Crippen molar-refractivity contribution in [2.75, 3.05) is 4.72 Å². The largest absolute Gasteiger partial charge is 0.516 e. The molecule has 0 aliphatic rings. The van der Waals surface area contributed by atoms with E-state index in [1.54, 1.807) is 11.6 Å². The predicted molar refractivity (Wildman–Crippen MR) is 134 cm³/mol. The van der Waals surface area contributed by atoms with Crippen LogP contribution in [-0.4, -0.2) is 28.5 Å². The molecule has 35 heavy (non-hydrogen) atoms. The fraction of sp³-hybridized carbons (Fsp3) is 0.304. The number of nitrogens with zero attached hydrogens (tertiary/aromatic N) is 3. The van der Waals surface area contributed by atoms with E-state index in [4.69, 9.17) is 16.6 Å². The van der Waals surface area contributed by atoms with Gasteiger partial charge < -0.3 is 4.57 Å². The number of alkyl halides is 3. The SMILES string of the molecule is CCCc1cc2c(-c3nc(-c4ccc(NS(=O)(=O)C(F)(F)F)cc4Cl)cs3)ccnc2n1CCC. The number of thiazole rings is 1. The topological polar surface area (TPSA) is 76.9 Å². The molecule has 0 bridgehead atoms. The lowest BCUT2D eigenvalue weighted by Crippen LogP contribution is -2.29. The minimum Gasteiger partial charge on any atom is -0.330 e. The number of anilines is 1. The molecule has 0 atom stereocenters. The molecule has 0 spiro atoms. The van der Waals surface area contributed by atoms with Crippen molar-refractivity contribution in [1.82, 2.24) is 14.5 Å². The van der Waals surface area contributed by atoms with Gasteiger partial charge in [0, 0.05) is 40.3 Å². The summed E-state index contributed by atoms with van der Waals surface area (Å²) >= 11 is 7.70. The number of aromatic nitrogens is 3. The molecule has 0 aliphatic carbocycles. The van der Waals surface area contributed by atoms with Crippen LogP contribution in [0.15, 0.2) is 41.9 Å². The normalized spacial score (nSPS) is 12.4. The average molecular weight is 543 g/mol. The van der Waals surface area contributed by atoms with Crippen LogP contribution in [0.2, 0.25) is 5.02 Å². The van der Waals surface area contributed by atoms with E-state index >= 15 is 0 Å². The first-order chi connectivity index (χ1) is 16.6. The van der Waals surface area contributed by atoms with E-state index in [9.17, 15) is 21.6 Å². The molecular formula is C23H22ClF3N4O2S2. The minimum absolute atomic E-state index is 0.0726. The second kappa shape index (κ2) is 9.79. The highest BCUT2D eigenvalue weighted by atomic mass is 35.5. The minimum atomic E-state index is -5.54. The van der Waals surface area contributed by atoms with Gasteiger partial charge in [-0.05, 0) is 43.2 Å². The van der Waals surface area contributed by atoms with E-state index in [0.29, 0.717) is 11.3 Å². The smallest absolute Gasteiger partial charge is 0.330 e. The number of nitrogens with one attached hydrogen (secondary N) is 1. The zero-order chi connectivity index (χ0) is 25.4. The summed E-state index contributed by atoms with van der Waals surface area (Å²) in [6.07, 6.45) is 4.71. The van der Waals surface area contributed by atoms with Gasteiger partial charge in [0.15, 0.2) is 0 Å². The summed E-state index contributed by atoms with van der Waals surface area (Å²) in [5.41, 5.74) is -1.64. The number of hydrogen-bond acceptors (Lipinski definition) is 5. The third-order valence-corrected chi connectivity index (χ3v) is 7.67. The molecule has 4 rings (SSSR count). The number of halogens is 4. The monoisotopic (exact) mass is 542 g/mol. The van der Waals surface area contributed by atoms with Crippen molar-refractivity contribution >= 4 is 49.7 Å². The maximum absolute atomic E-state index is 12.7. The second-order valence-electron chi connectivity index (χ2n) is 7.92. The van der Waals surface area contributed by atoms with Crippen molar-refractivity contribution in [3.63, 3.8) is 0 Å². The fourth-order valence-electron chi connectivity index (χ4n) is 3.84. The number of sulfonamides is 1. The van der Waals surface area contributed by atoms with Gasteiger partial charge in [0.1, 0.15) is 10.7 Å². The molecule has 12 heteroatoms. The van der Waals surface area contributed by atoms with Gasteiger partial charge in [-0.15, -0.1) is 11.3 Å². The van der Waals surface area contributed by atoms with Gasteiger partial charge in [-0.2, -0.15) is 21.6 Å². The molecule has 0 aliphatic heterocycles. The molecule has 186 valence electrons. The number of rotatable bonds is 8. The van der Waals surface area contributed by atoms with Crippen LogP contribution in [-0.2, 0) is 23.0 Å². The molecule has 0 saturated heterocycles. The van der Waals surface area contributed by atoms with Crippen LogP contribution in [0.1, 0.15) is 32.4 Å². The Hall–Kier alpha value is -2.63. The highest BCUT2D eigenvalue weighted by Gasteiger charge is 2.46. The van der Waals surface area contributed by atoms with Crippen LogP contribution in [0.4, 0.5) is 18.9 Å². The zero-order valence-corrected chi connectivity index (χ0v) is 21.2. The van der Waals surface area contributed by atoms with E-state index in [-0.39, 0.29) is 10.7 Å². The predicted octanol–water partition coefficient (Wildman–Crippen LogP) is 7.10. The molecule has 3 aromatic heterocycles. The maximum atomic E-state index is 12.7. The molecule has 0 fully saturated rings. The highest BCUT2D eigenvalue weighted by molar-refractivity contribution is 7.93. The molecule has 0 saturated carbocycles. The van der Waals surface area contributed by atoms with E-state index < -0.39 is 15.5 Å². The first-order valence-electron chi connectivity index (χ1n) is 10.9. The van der Waals surface area contributed by atoms with E-state index in [2.05, 4.69) is 29.5 Å². The van der Waals surface area contributed by atoms with Gasteiger partial charge in [0.2, 0.25) is 0 Å². The summed E-state index contributed by atoms with van der Waals surface area (Å²) in [4.78, 5) is 9.32. The van der Waals surface area contributed by atoms with Crippen molar-refractivity contribution in [2.45, 2.75) is 45.2 Å². The Morgan fingerprint density at radius 2 is 1.89 bits per heavy atom. The second-order valence-corrected chi connectivity index (χ2v) is 10.9. The highest BCUT2D eigenvalue weighted by Crippen LogP contribution is 2.37. The Morgan fingerprint density at radius 3 is 2.54 bits per heavy atom. The molecule has 4 aromatic rings. The molecule has 6 nitrogen and oxygen atoms in total. The van der Waals surface area contributed by atoms with Crippen molar-refractivity contribution in [3.05, 3.63) is 52.6 Å². The zero-order valence-electron chi connectivity index (χ0n) is 18.9. The summed E-state index contributed by atoms with van der Waals surface area (Å²) in [5, 5.41) is 3.64. The lowest BCUT2D eigenvalue weighted by molar-refractivity contribution is -0.0429. The van der Waals surface area contributed by atoms with Gasteiger partial charge in [0.05, 0.1) is 16.4 Å². The number of hydrogen-bond donors (Lipinski definition) is 1. The van der Waals surface area contributed by atoms with Gasteiger partial charge in [-0.25, -0.2) is 9.97 Å². The third-order valence-electron chi connectivity index (χ3n) is 5.37. The van der Waals surface area contributed by atoms with Crippen LogP contribution in [0, 0.1) is 0 Å². The standard InChI is InChI=1S/C23H22ClF3N4O2S2/c1-3-5-15-12-18-16(8-9-28-21(18)31(15)10-4-2)22-29-20(13-34-22)17-7-6-14(11-19(17)24)30-35(32,33)23(25,26)27/h6-9,11-13,30H,3-5,10H2,1-2H3. The van der Waals surface area contributed by atoms with E-state index in [1.165, 1.54) is 33.9 Å². The van der Waals surface area contributed by atoms with Crippen LogP contribution in [0.5, 0.6) is 0 Å². The number of benzene rings is 1. The van der Waals surface area contributed by atoms with Crippen LogP contribution in [0.25, 0.3) is 32.9 Å². The van der Waals surface area contributed by atoms with Gasteiger partial charge in [-0.3, -0.25) is 4.72 Å². The molecule has 3 heterocycles. The molecular weight excluding hydrogens is 521 g/mol. The Bertz CT molecular complexity index is 1480. The summed E-state index contributed by atoms with van der Waals surface area (Å²) in [7, 11) is -5.54. The summed E-state index contributed by atoms with van der Waals surface area (Å²) in [5.74, 6) is 0. The third kappa shape index (κ3) is 5.03. The lowest BCUT2D eigenvalue weighted by atomic mass is 10.1. The Morgan fingerprint density at radius 1 is 1.11 bits per heavy atom. The molecule has 0 unspecified atom stereocenters. The van der Waals surface area contributed by atoms with Crippen molar-refractivity contribution in [3.8, 4) is 21.8 Å². The van der Waals surface area contributed by atoms with Crippen LogP contribution in [0.3, 0.4) is 0 Å². The van der Waals surface area contributed by atoms with Gasteiger partial charge in [0.25, 0.3) is 0 Å². The van der Waals surface area contributed by atoms with Crippen LogP contribution < -0.4 is 4.72 Å². The van der Waals surface area contributed by atoms with Crippen molar-refractivity contribution < 1.29 is 21.6 Å². The molecule has 1 aromatic carbocycles. The quantitative estimate of drug-likeness (QED) is 0.257.